The molecule has 1 atom stereocenters. The molecule has 0 heterocycles. The average Bonchev–Trinajstić information content (AvgIpc) is 2.75. The summed E-state index contributed by atoms with van der Waals surface area (Å²) in [6.45, 7) is 4.86. The Morgan fingerprint density at radius 2 is 1.43 bits per heavy atom. The summed E-state index contributed by atoms with van der Waals surface area (Å²) >= 11 is 0. The van der Waals surface area contributed by atoms with Gasteiger partial charge in [-0.25, -0.2) is 4.79 Å². The van der Waals surface area contributed by atoms with Crippen molar-refractivity contribution in [2.24, 2.45) is 0 Å². The quantitative estimate of drug-likeness (QED) is 0.201. The second kappa shape index (κ2) is 12.8. The second-order valence-electron chi connectivity index (χ2n) is 7.42. The molecule has 5 heteroatoms. The molecule has 0 amide bonds. The van der Waals surface area contributed by atoms with Crippen molar-refractivity contribution in [1.82, 2.24) is 0 Å². The molecule has 1 unspecified atom stereocenters. The molecule has 0 bridgehead atoms. The molecule has 2 aromatic rings. The standard InChI is InChI=1S/C25H32O5/c1-3-5-7-8-21(26)18-24(27)19-9-15-23(16-10-19)30-25(28)20-11-13-22(14-12-20)29-17-6-4-2/h9-16,21,26H,3-8,17-18H2,1-2H3. The summed E-state index contributed by atoms with van der Waals surface area (Å²) in [5, 5.41) is 9.99. The molecule has 0 fully saturated rings. The van der Waals surface area contributed by atoms with E-state index in [0.717, 1.165) is 37.9 Å². The van der Waals surface area contributed by atoms with Gasteiger partial charge >= 0.3 is 5.97 Å². The van der Waals surface area contributed by atoms with E-state index in [1.165, 1.54) is 0 Å². The van der Waals surface area contributed by atoms with Crippen molar-refractivity contribution in [1.29, 1.82) is 0 Å². The molecular weight excluding hydrogens is 380 g/mol. The van der Waals surface area contributed by atoms with Crippen molar-refractivity contribution in [3.8, 4) is 11.5 Å². The van der Waals surface area contributed by atoms with Crippen LogP contribution >= 0.6 is 0 Å². The number of Topliss-reactive ketones (excluding diaryl/α,β-unsaturated/α-hetero) is 1. The van der Waals surface area contributed by atoms with Gasteiger partial charge in [0.2, 0.25) is 0 Å². The van der Waals surface area contributed by atoms with Crippen LogP contribution < -0.4 is 9.47 Å². The number of rotatable bonds is 13. The number of benzene rings is 2. The lowest BCUT2D eigenvalue weighted by Crippen LogP contribution is -2.13. The van der Waals surface area contributed by atoms with Crippen LogP contribution in [0.2, 0.25) is 0 Å². The summed E-state index contributed by atoms with van der Waals surface area (Å²) in [6.07, 6.45) is 5.24. The average molecular weight is 413 g/mol. The van der Waals surface area contributed by atoms with Gasteiger partial charge in [0.25, 0.3) is 0 Å². The number of aliphatic hydroxyl groups excluding tert-OH is 1. The molecule has 162 valence electrons. The number of carbonyl (C=O) groups excluding carboxylic acids is 2. The molecular formula is C25H32O5. The van der Waals surface area contributed by atoms with Gasteiger partial charge in [-0.1, -0.05) is 39.5 Å². The molecule has 0 aliphatic rings. The number of aliphatic hydroxyl groups is 1. The fraction of sp³-hybridized carbons (Fsp3) is 0.440. The topological polar surface area (TPSA) is 72.8 Å². The van der Waals surface area contributed by atoms with Crippen molar-refractivity contribution in [3.05, 3.63) is 59.7 Å². The van der Waals surface area contributed by atoms with E-state index in [4.69, 9.17) is 9.47 Å². The smallest absolute Gasteiger partial charge is 0.343 e. The Morgan fingerprint density at radius 1 is 0.833 bits per heavy atom. The molecule has 30 heavy (non-hydrogen) atoms. The van der Waals surface area contributed by atoms with E-state index in [1.807, 2.05) is 0 Å². The number of hydrogen-bond acceptors (Lipinski definition) is 5. The van der Waals surface area contributed by atoms with Crippen LogP contribution in [0.25, 0.3) is 0 Å². The third kappa shape index (κ3) is 7.99. The highest BCUT2D eigenvalue weighted by Gasteiger charge is 2.14. The van der Waals surface area contributed by atoms with Crippen LogP contribution in [0.5, 0.6) is 11.5 Å². The fourth-order valence-corrected chi connectivity index (χ4v) is 2.96. The Balaban J connectivity index is 1.85. The van der Waals surface area contributed by atoms with E-state index in [9.17, 15) is 14.7 Å². The molecule has 0 aromatic heterocycles. The van der Waals surface area contributed by atoms with Crippen molar-refractivity contribution >= 4 is 11.8 Å². The van der Waals surface area contributed by atoms with E-state index in [0.29, 0.717) is 29.9 Å². The van der Waals surface area contributed by atoms with Gasteiger partial charge in [0.1, 0.15) is 11.5 Å². The van der Waals surface area contributed by atoms with Gasteiger partial charge in [-0.3, -0.25) is 4.79 Å². The van der Waals surface area contributed by atoms with Crippen LogP contribution in [0.15, 0.2) is 48.5 Å². The highest BCUT2D eigenvalue weighted by molar-refractivity contribution is 5.96. The lowest BCUT2D eigenvalue weighted by Gasteiger charge is -2.10. The van der Waals surface area contributed by atoms with E-state index < -0.39 is 12.1 Å². The minimum absolute atomic E-state index is 0.107. The zero-order valence-corrected chi connectivity index (χ0v) is 17.9. The summed E-state index contributed by atoms with van der Waals surface area (Å²) in [7, 11) is 0. The first-order valence-electron chi connectivity index (χ1n) is 10.8. The molecule has 5 nitrogen and oxygen atoms in total. The van der Waals surface area contributed by atoms with E-state index in [1.54, 1.807) is 48.5 Å². The first kappa shape index (κ1) is 23.6. The zero-order chi connectivity index (χ0) is 21.8. The fourth-order valence-electron chi connectivity index (χ4n) is 2.96. The normalized spacial score (nSPS) is 11.7. The lowest BCUT2D eigenvalue weighted by molar-refractivity contribution is 0.0734. The first-order chi connectivity index (χ1) is 14.5. The zero-order valence-electron chi connectivity index (χ0n) is 17.9. The summed E-state index contributed by atoms with van der Waals surface area (Å²) in [5.74, 6) is 0.499. The molecule has 0 saturated heterocycles. The van der Waals surface area contributed by atoms with Gasteiger partial charge in [0, 0.05) is 12.0 Å². The second-order valence-corrected chi connectivity index (χ2v) is 7.42. The van der Waals surface area contributed by atoms with E-state index >= 15 is 0 Å². The number of ether oxygens (including phenoxy) is 2. The van der Waals surface area contributed by atoms with Crippen LogP contribution in [-0.4, -0.2) is 29.6 Å². The van der Waals surface area contributed by atoms with Gasteiger partial charge in [0.05, 0.1) is 18.3 Å². The van der Waals surface area contributed by atoms with Crippen LogP contribution in [0.4, 0.5) is 0 Å². The van der Waals surface area contributed by atoms with Gasteiger partial charge in [-0.2, -0.15) is 0 Å². The summed E-state index contributed by atoms with van der Waals surface area (Å²) in [4.78, 5) is 24.6. The predicted octanol–water partition coefficient (Wildman–Crippen LogP) is 5.60. The Labute approximate surface area is 179 Å². The van der Waals surface area contributed by atoms with E-state index in [-0.39, 0.29) is 12.2 Å². The summed E-state index contributed by atoms with van der Waals surface area (Å²) in [5.41, 5.74) is 0.922. The molecule has 0 aliphatic heterocycles. The molecule has 0 saturated carbocycles. The number of hydrogen-bond donors (Lipinski definition) is 1. The third-order valence-corrected chi connectivity index (χ3v) is 4.81. The van der Waals surface area contributed by atoms with Crippen molar-refractivity contribution in [3.63, 3.8) is 0 Å². The lowest BCUT2D eigenvalue weighted by atomic mass is 10.0. The van der Waals surface area contributed by atoms with Crippen molar-refractivity contribution in [2.75, 3.05) is 6.61 Å². The Kier molecular flexibility index (Phi) is 10.1. The molecule has 1 N–H and O–H groups in total. The van der Waals surface area contributed by atoms with Crippen molar-refractivity contribution in [2.45, 2.75) is 64.9 Å². The molecule has 0 aliphatic carbocycles. The van der Waals surface area contributed by atoms with Crippen LogP contribution in [0, 0.1) is 0 Å². The maximum atomic E-state index is 12.3. The maximum absolute atomic E-state index is 12.3. The Bertz CT molecular complexity index is 780. The van der Waals surface area contributed by atoms with Gasteiger partial charge in [-0.15, -0.1) is 0 Å². The van der Waals surface area contributed by atoms with Gasteiger partial charge < -0.3 is 14.6 Å². The monoisotopic (exact) mass is 412 g/mol. The number of esters is 1. The highest BCUT2D eigenvalue weighted by atomic mass is 16.5. The van der Waals surface area contributed by atoms with Crippen molar-refractivity contribution < 1.29 is 24.2 Å². The maximum Gasteiger partial charge on any atom is 0.343 e. The number of unbranched alkanes of at least 4 members (excludes halogenated alkanes) is 3. The number of carbonyl (C=O) groups is 2. The van der Waals surface area contributed by atoms with Gasteiger partial charge in [0.15, 0.2) is 5.78 Å². The minimum Gasteiger partial charge on any atom is -0.494 e. The molecule has 2 rings (SSSR count). The first-order valence-corrected chi connectivity index (χ1v) is 10.8. The Hall–Kier alpha value is -2.66. The molecule has 2 aromatic carbocycles. The molecule has 0 spiro atoms. The SMILES string of the molecule is CCCCCC(O)CC(=O)c1ccc(OC(=O)c2ccc(OCCCC)cc2)cc1. The third-order valence-electron chi connectivity index (χ3n) is 4.81. The van der Waals surface area contributed by atoms with Crippen LogP contribution in [0.3, 0.4) is 0 Å². The Morgan fingerprint density at radius 3 is 2.07 bits per heavy atom. The summed E-state index contributed by atoms with van der Waals surface area (Å²) in [6, 6.07) is 13.3. The molecule has 0 radical (unpaired) electrons. The minimum atomic E-state index is -0.615. The van der Waals surface area contributed by atoms with Crippen LogP contribution in [-0.2, 0) is 0 Å². The summed E-state index contributed by atoms with van der Waals surface area (Å²) < 4.78 is 11.0. The van der Waals surface area contributed by atoms with Crippen LogP contribution in [0.1, 0.15) is 79.5 Å². The van der Waals surface area contributed by atoms with E-state index in [2.05, 4.69) is 13.8 Å². The number of ketones is 1. The predicted molar refractivity (Wildman–Crippen MR) is 117 cm³/mol. The highest BCUT2D eigenvalue weighted by Crippen LogP contribution is 2.18. The van der Waals surface area contributed by atoms with Gasteiger partial charge in [-0.05, 0) is 61.4 Å². The largest absolute Gasteiger partial charge is 0.494 e.